The number of halogens is 1. The summed E-state index contributed by atoms with van der Waals surface area (Å²) in [6, 6.07) is 0. The van der Waals surface area contributed by atoms with Gasteiger partial charge in [-0.1, -0.05) is 0 Å². The van der Waals surface area contributed by atoms with E-state index in [4.69, 9.17) is 4.74 Å². The third-order valence-corrected chi connectivity index (χ3v) is 4.26. The van der Waals surface area contributed by atoms with Crippen LogP contribution in [0.4, 0.5) is 0 Å². The van der Waals surface area contributed by atoms with E-state index in [9.17, 15) is 4.79 Å². The van der Waals surface area contributed by atoms with Crippen molar-refractivity contribution in [2.45, 2.75) is 19.4 Å². The zero-order valence-electron chi connectivity index (χ0n) is 10.9. The van der Waals surface area contributed by atoms with Crippen LogP contribution in [0.5, 0.6) is 0 Å². The smallest absolute Gasteiger partial charge is 0.168 e. The fourth-order valence-electron chi connectivity index (χ4n) is 2.12. The molecule has 1 unspecified atom stereocenters. The zero-order valence-corrected chi connectivity index (χ0v) is 12.5. The summed E-state index contributed by atoms with van der Waals surface area (Å²) in [5.41, 5.74) is 1.82. The molecule has 0 aromatic carbocycles. The van der Waals surface area contributed by atoms with Crippen LogP contribution < -0.4 is 0 Å². The van der Waals surface area contributed by atoms with Crippen LogP contribution >= 0.6 is 15.9 Å². The van der Waals surface area contributed by atoms with Crippen molar-refractivity contribution in [3.63, 3.8) is 0 Å². The number of morpholine rings is 1. The van der Waals surface area contributed by atoms with Crippen LogP contribution in [0, 0.1) is 6.92 Å². The van der Waals surface area contributed by atoms with E-state index in [-0.39, 0.29) is 11.9 Å². The van der Waals surface area contributed by atoms with Crippen molar-refractivity contribution in [1.29, 1.82) is 0 Å². The van der Waals surface area contributed by atoms with Crippen LogP contribution in [0.2, 0.25) is 0 Å². The molecular weight excluding hydrogens is 298 g/mol. The molecule has 5 nitrogen and oxygen atoms in total. The Bertz CT molecular complexity index is 458. The summed E-state index contributed by atoms with van der Waals surface area (Å²) < 4.78 is 8.21. The van der Waals surface area contributed by atoms with Crippen molar-refractivity contribution in [2.24, 2.45) is 7.05 Å². The highest BCUT2D eigenvalue weighted by molar-refractivity contribution is 9.10. The van der Waals surface area contributed by atoms with E-state index in [0.717, 1.165) is 22.4 Å². The van der Waals surface area contributed by atoms with Gasteiger partial charge in [-0.2, -0.15) is 5.10 Å². The molecule has 1 aromatic rings. The topological polar surface area (TPSA) is 47.4 Å². The molecule has 0 N–H and O–H groups in total. The zero-order chi connectivity index (χ0) is 13.3. The third kappa shape index (κ3) is 2.81. The van der Waals surface area contributed by atoms with Crippen molar-refractivity contribution in [2.75, 3.05) is 26.7 Å². The first-order valence-electron chi connectivity index (χ1n) is 6.00. The lowest BCUT2D eigenvalue weighted by Gasteiger charge is -2.29. The van der Waals surface area contributed by atoms with Crippen LogP contribution in [0.25, 0.3) is 0 Å². The van der Waals surface area contributed by atoms with Gasteiger partial charge in [0.2, 0.25) is 0 Å². The SMILES string of the molecule is Cc1nn(C)c(CC(=O)C2CN(C)CCO2)c1Br. The Kier molecular flexibility index (Phi) is 4.19. The van der Waals surface area contributed by atoms with Crippen molar-refractivity contribution < 1.29 is 9.53 Å². The maximum atomic E-state index is 12.2. The van der Waals surface area contributed by atoms with Crippen molar-refractivity contribution in [3.8, 4) is 0 Å². The maximum Gasteiger partial charge on any atom is 0.168 e. The Balaban J connectivity index is 2.06. The molecule has 2 rings (SSSR count). The molecule has 1 saturated heterocycles. The number of hydrogen-bond donors (Lipinski definition) is 0. The molecule has 18 heavy (non-hydrogen) atoms. The number of nitrogens with zero attached hydrogens (tertiary/aromatic N) is 3. The van der Waals surface area contributed by atoms with Gasteiger partial charge in [0, 0.05) is 20.1 Å². The minimum atomic E-state index is -0.314. The largest absolute Gasteiger partial charge is 0.368 e. The average Bonchev–Trinajstić information content (AvgIpc) is 2.56. The molecule has 0 bridgehead atoms. The van der Waals surface area contributed by atoms with Crippen LogP contribution in [-0.2, 0) is 23.0 Å². The number of rotatable bonds is 3. The van der Waals surface area contributed by atoms with Crippen LogP contribution in [-0.4, -0.2) is 53.3 Å². The Morgan fingerprint density at radius 1 is 1.56 bits per heavy atom. The van der Waals surface area contributed by atoms with Gasteiger partial charge in [0.25, 0.3) is 0 Å². The predicted octanol–water partition coefficient (Wildman–Crippen LogP) is 0.933. The van der Waals surface area contributed by atoms with Gasteiger partial charge in [0.1, 0.15) is 6.10 Å². The summed E-state index contributed by atoms with van der Waals surface area (Å²) in [7, 11) is 3.86. The van der Waals surface area contributed by atoms with E-state index in [1.807, 2.05) is 21.0 Å². The lowest BCUT2D eigenvalue weighted by molar-refractivity contribution is -0.134. The van der Waals surface area contributed by atoms with Crippen LogP contribution in [0.15, 0.2) is 4.47 Å². The predicted molar refractivity (Wildman–Crippen MR) is 71.6 cm³/mol. The number of carbonyl (C=O) groups excluding carboxylic acids is 1. The summed E-state index contributed by atoms with van der Waals surface area (Å²) in [6.07, 6.45) is 0.0435. The van der Waals surface area contributed by atoms with E-state index in [0.29, 0.717) is 19.6 Å². The fourth-order valence-corrected chi connectivity index (χ4v) is 2.60. The molecule has 6 heteroatoms. The molecule has 0 radical (unpaired) electrons. The first-order chi connectivity index (χ1) is 8.49. The number of Topliss-reactive ketones (excluding diaryl/α,β-unsaturated/α-hetero) is 1. The molecule has 2 heterocycles. The summed E-state index contributed by atoms with van der Waals surface area (Å²) in [5, 5.41) is 4.29. The molecule has 0 saturated carbocycles. The second-order valence-electron chi connectivity index (χ2n) is 4.73. The normalized spacial score (nSPS) is 21.2. The van der Waals surface area contributed by atoms with E-state index in [2.05, 4.69) is 25.9 Å². The minimum absolute atomic E-state index is 0.116. The Morgan fingerprint density at radius 3 is 2.83 bits per heavy atom. The van der Waals surface area contributed by atoms with Gasteiger partial charge in [-0.25, -0.2) is 0 Å². The highest BCUT2D eigenvalue weighted by Gasteiger charge is 2.26. The number of aryl methyl sites for hydroxylation is 2. The minimum Gasteiger partial charge on any atom is -0.368 e. The van der Waals surface area contributed by atoms with Gasteiger partial charge < -0.3 is 9.64 Å². The molecule has 1 atom stereocenters. The summed E-state index contributed by atoms with van der Waals surface area (Å²) in [4.78, 5) is 14.3. The number of ether oxygens (including phenoxy) is 1. The first kappa shape index (κ1) is 13.7. The van der Waals surface area contributed by atoms with E-state index in [1.165, 1.54) is 0 Å². The average molecular weight is 316 g/mol. The van der Waals surface area contributed by atoms with Crippen LogP contribution in [0.3, 0.4) is 0 Å². The lowest BCUT2D eigenvalue weighted by atomic mass is 10.1. The second-order valence-corrected chi connectivity index (χ2v) is 5.53. The lowest BCUT2D eigenvalue weighted by Crippen LogP contribution is -2.44. The monoisotopic (exact) mass is 315 g/mol. The van der Waals surface area contributed by atoms with Gasteiger partial charge in [-0.05, 0) is 29.9 Å². The van der Waals surface area contributed by atoms with Gasteiger partial charge in [-0.15, -0.1) is 0 Å². The number of aromatic nitrogens is 2. The Morgan fingerprint density at radius 2 is 2.28 bits per heavy atom. The molecule has 1 aliphatic rings. The quantitative estimate of drug-likeness (QED) is 0.832. The van der Waals surface area contributed by atoms with Crippen molar-refractivity contribution in [1.82, 2.24) is 14.7 Å². The first-order valence-corrected chi connectivity index (χ1v) is 6.79. The van der Waals surface area contributed by atoms with Gasteiger partial charge in [0.15, 0.2) is 5.78 Å². The number of ketones is 1. The molecule has 0 aliphatic carbocycles. The fraction of sp³-hybridized carbons (Fsp3) is 0.667. The van der Waals surface area contributed by atoms with E-state index < -0.39 is 0 Å². The van der Waals surface area contributed by atoms with E-state index in [1.54, 1.807) is 4.68 Å². The second kappa shape index (κ2) is 5.50. The number of carbonyl (C=O) groups is 1. The Labute approximate surface area is 115 Å². The van der Waals surface area contributed by atoms with Gasteiger partial charge >= 0.3 is 0 Å². The number of likely N-dealkylation sites (N-methyl/N-ethyl adjacent to an activating group) is 1. The molecular formula is C12H18BrN3O2. The highest BCUT2D eigenvalue weighted by Crippen LogP contribution is 2.21. The van der Waals surface area contributed by atoms with E-state index >= 15 is 0 Å². The maximum absolute atomic E-state index is 12.2. The summed E-state index contributed by atoms with van der Waals surface area (Å²) in [5.74, 6) is 0.116. The molecule has 0 spiro atoms. The standard InChI is InChI=1S/C12H18BrN3O2/c1-8-12(13)9(16(3)14-8)6-10(17)11-7-15(2)4-5-18-11/h11H,4-7H2,1-3H3. The molecule has 1 aliphatic heterocycles. The molecule has 1 fully saturated rings. The van der Waals surface area contributed by atoms with Crippen LogP contribution in [0.1, 0.15) is 11.4 Å². The van der Waals surface area contributed by atoms with Gasteiger partial charge in [-0.3, -0.25) is 9.48 Å². The highest BCUT2D eigenvalue weighted by atomic mass is 79.9. The molecule has 0 amide bonds. The van der Waals surface area contributed by atoms with Gasteiger partial charge in [0.05, 0.1) is 28.9 Å². The molecule has 1 aromatic heterocycles. The number of hydrogen-bond acceptors (Lipinski definition) is 4. The summed E-state index contributed by atoms with van der Waals surface area (Å²) >= 11 is 3.48. The van der Waals surface area contributed by atoms with Crippen molar-refractivity contribution in [3.05, 3.63) is 15.9 Å². The third-order valence-electron chi connectivity index (χ3n) is 3.23. The summed E-state index contributed by atoms with van der Waals surface area (Å²) in [6.45, 7) is 4.10. The Hall–Kier alpha value is -0.720. The molecule has 100 valence electrons. The van der Waals surface area contributed by atoms with Crippen molar-refractivity contribution >= 4 is 21.7 Å².